The van der Waals surface area contributed by atoms with Gasteiger partial charge in [-0.2, -0.15) is 5.26 Å². The van der Waals surface area contributed by atoms with Crippen LogP contribution in [0.2, 0.25) is 10.0 Å². The molecule has 2 aromatic rings. The van der Waals surface area contributed by atoms with Crippen molar-refractivity contribution in [2.45, 2.75) is 83.2 Å². The molecule has 172 valence electrons. The zero-order chi connectivity index (χ0) is 23.1. The normalized spacial score (nSPS) is 17.4. The van der Waals surface area contributed by atoms with Crippen LogP contribution in [0.25, 0.3) is 0 Å². The molecule has 0 N–H and O–H groups in total. The summed E-state index contributed by atoms with van der Waals surface area (Å²) in [4.78, 5) is 2.58. The molecule has 0 bridgehead atoms. The number of rotatable bonds is 10. The molecule has 2 aromatic carbocycles. The van der Waals surface area contributed by atoms with Gasteiger partial charge in [-0.05, 0) is 82.1 Å². The first-order valence-corrected chi connectivity index (χ1v) is 12.8. The van der Waals surface area contributed by atoms with E-state index in [9.17, 15) is 5.26 Å². The summed E-state index contributed by atoms with van der Waals surface area (Å²) in [7, 11) is 0. The van der Waals surface area contributed by atoms with Crippen molar-refractivity contribution >= 4 is 23.2 Å². The summed E-state index contributed by atoms with van der Waals surface area (Å²) in [5.74, 6) is 0.383. The first kappa shape index (κ1) is 25.1. The van der Waals surface area contributed by atoms with Gasteiger partial charge >= 0.3 is 0 Å². The topological polar surface area (TPSA) is 27.0 Å². The predicted molar refractivity (Wildman–Crippen MR) is 136 cm³/mol. The van der Waals surface area contributed by atoms with Crippen molar-refractivity contribution in [3.63, 3.8) is 0 Å². The number of hydrogen-bond donors (Lipinski definition) is 0. The smallest absolute Gasteiger partial charge is 0.0851 e. The fourth-order valence-electron chi connectivity index (χ4n) is 5.48. The van der Waals surface area contributed by atoms with Crippen LogP contribution in [-0.2, 0) is 11.8 Å². The number of nitriles is 1. The third-order valence-electron chi connectivity index (χ3n) is 7.37. The van der Waals surface area contributed by atoms with E-state index < -0.39 is 5.41 Å². The van der Waals surface area contributed by atoms with Crippen LogP contribution in [0.5, 0.6) is 0 Å². The molecule has 2 atom stereocenters. The molecule has 1 aliphatic carbocycles. The summed E-state index contributed by atoms with van der Waals surface area (Å²) >= 11 is 12.6. The molecule has 0 radical (unpaired) electrons. The Balaban J connectivity index is 1.77. The molecular formula is C28H36Cl2N2. The lowest BCUT2D eigenvalue weighted by Gasteiger charge is -2.38. The van der Waals surface area contributed by atoms with Gasteiger partial charge in [0.15, 0.2) is 0 Å². The van der Waals surface area contributed by atoms with Gasteiger partial charge in [-0.15, -0.1) is 0 Å². The van der Waals surface area contributed by atoms with E-state index in [2.05, 4.69) is 62.1 Å². The Bertz CT molecular complexity index is 899. The van der Waals surface area contributed by atoms with E-state index in [0.717, 1.165) is 44.2 Å². The highest BCUT2D eigenvalue weighted by atomic mass is 35.5. The second kappa shape index (κ2) is 11.6. The van der Waals surface area contributed by atoms with Gasteiger partial charge in [-0.1, -0.05) is 72.4 Å². The Labute approximate surface area is 204 Å². The average Bonchev–Trinajstić information content (AvgIpc) is 3.33. The monoisotopic (exact) mass is 470 g/mol. The lowest BCUT2D eigenvalue weighted by atomic mass is 9.67. The summed E-state index contributed by atoms with van der Waals surface area (Å²) in [5, 5.41) is 11.6. The fraction of sp³-hybridized carbons (Fsp3) is 0.536. The molecule has 2 unspecified atom stereocenters. The van der Waals surface area contributed by atoms with Gasteiger partial charge in [0.05, 0.1) is 21.5 Å². The van der Waals surface area contributed by atoms with E-state index in [-0.39, 0.29) is 0 Å². The summed E-state index contributed by atoms with van der Waals surface area (Å²) in [6.07, 6.45) is 7.52. The molecule has 0 amide bonds. The van der Waals surface area contributed by atoms with E-state index in [4.69, 9.17) is 23.2 Å². The van der Waals surface area contributed by atoms with Crippen molar-refractivity contribution in [3.8, 4) is 6.07 Å². The highest BCUT2D eigenvalue weighted by Gasteiger charge is 2.42. The molecule has 0 saturated heterocycles. The SMILES string of the molecule is CC(C)N(CCc1ccccc1)C(C)CCC(C#N)(c1ccc(Cl)c(Cl)c1)C1CCCC1. The van der Waals surface area contributed by atoms with Crippen LogP contribution in [0.1, 0.15) is 70.4 Å². The molecule has 3 rings (SSSR count). The van der Waals surface area contributed by atoms with Crippen molar-refractivity contribution in [1.29, 1.82) is 5.26 Å². The minimum absolute atomic E-state index is 0.383. The molecule has 0 spiro atoms. The molecule has 1 fully saturated rings. The fourth-order valence-corrected chi connectivity index (χ4v) is 5.78. The first-order valence-electron chi connectivity index (χ1n) is 12.0. The molecule has 1 aliphatic rings. The van der Waals surface area contributed by atoms with E-state index in [1.54, 1.807) is 0 Å². The number of hydrogen-bond acceptors (Lipinski definition) is 2. The third-order valence-corrected chi connectivity index (χ3v) is 8.11. The molecular weight excluding hydrogens is 435 g/mol. The maximum absolute atomic E-state index is 10.5. The van der Waals surface area contributed by atoms with Gasteiger partial charge in [-0.25, -0.2) is 0 Å². The van der Waals surface area contributed by atoms with Gasteiger partial charge < -0.3 is 0 Å². The third kappa shape index (κ3) is 5.88. The van der Waals surface area contributed by atoms with E-state index in [1.165, 1.54) is 18.4 Å². The zero-order valence-corrected chi connectivity index (χ0v) is 21.2. The largest absolute Gasteiger partial charge is 0.298 e. The molecule has 0 heterocycles. The lowest BCUT2D eigenvalue weighted by Crippen LogP contribution is -2.42. The van der Waals surface area contributed by atoms with Crippen LogP contribution in [0, 0.1) is 17.2 Å². The van der Waals surface area contributed by atoms with Gasteiger partial charge in [0.2, 0.25) is 0 Å². The van der Waals surface area contributed by atoms with Gasteiger partial charge in [-0.3, -0.25) is 4.90 Å². The second-order valence-electron chi connectivity index (χ2n) is 9.65. The molecule has 4 heteroatoms. The van der Waals surface area contributed by atoms with Crippen LogP contribution in [0.15, 0.2) is 48.5 Å². The van der Waals surface area contributed by atoms with Crippen molar-refractivity contribution in [3.05, 3.63) is 69.7 Å². The molecule has 0 aromatic heterocycles. The van der Waals surface area contributed by atoms with Crippen molar-refractivity contribution in [2.24, 2.45) is 5.92 Å². The van der Waals surface area contributed by atoms with Crippen LogP contribution < -0.4 is 0 Å². The molecule has 0 aliphatic heterocycles. The molecule has 32 heavy (non-hydrogen) atoms. The first-order chi connectivity index (χ1) is 15.4. The Kier molecular flexibility index (Phi) is 9.06. The highest BCUT2D eigenvalue weighted by molar-refractivity contribution is 6.42. The minimum atomic E-state index is -0.499. The van der Waals surface area contributed by atoms with E-state index >= 15 is 0 Å². The Hall–Kier alpha value is -1.53. The van der Waals surface area contributed by atoms with Gasteiger partial charge in [0, 0.05) is 18.6 Å². The number of benzene rings is 2. The lowest BCUT2D eigenvalue weighted by molar-refractivity contribution is 0.147. The maximum Gasteiger partial charge on any atom is 0.0851 e. The summed E-state index contributed by atoms with van der Waals surface area (Å²) in [5.41, 5.74) is 1.91. The van der Waals surface area contributed by atoms with Crippen LogP contribution in [-0.4, -0.2) is 23.5 Å². The van der Waals surface area contributed by atoms with Crippen molar-refractivity contribution in [2.75, 3.05) is 6.54 Å². The highest BCUT2D eigenvalue weighted by Crippen LogP contribution is 2.46. The molecule has 2 nitrogen and oxygen atoms in total. The Morgan fingerprint density at radius 3 is 2.31 bits per heavy atom. The van der Waals surface area contributed by atoms with Crippen LogP contribution >= 0.6 is 23.2 Å². The van der Waals surface area contributed by atoms with Gasteiger partial charge in [0.1, 0.15) is 0 Å². The van der Waals surface area contributed by atoms with Gasteiger partial charge in [0.25, 0.3) is 0 Å². The number of halogens is 2. The standard InChI is InChI=1S/C28H36Cl2N2/c1-21(2)32(18-16-23-9-5-4-6-10-23)22(3)15-17-28(20-31,24-11-7-8-12-24)25-13-14-26(29)27(30)19-25/h4-6,9-10,13-14,19,21-22,24H,7-8,11-12,15-18H2,1-3H3. The summed E-state index contributed by atoms with van der Waals surface area (Å²) in [6, 6.07) is 20.1. The average molecular weight is 472 g/mol. The molecule has 1 saturated carbocycles. The van der Waals surface area contributed by atoms with Crippen molar-refractivity contribution in [1.82, 2.24) is 4.90 Å². The van der Waals surface area contributed by atoms with Crippen LogP contribution in [0.4, 0.5) is 0 Å². The van der Waals surface area contributed by atoms with Crippen LogP contribution in [0.3, 0.4) is 0 Å². The Morgan fingerprint density at radius 1 is 1.03 bits per heavy atom. The maximum atomic E-state index is 10.5. The minimum Gasteiger partial charge on any atom is -0.298 e. The zero-order valence-electron chi connectivity index (χ0n) is 19.7. The predicted octanol–water partition coefficient (Wildman–Crippen LogP) is 8.07. The van der Waals surface area contributed by atoms with E-state index in [0.29, 0.717) is 28.0 Å². The summed E-state index contributed by atoms with van der Waals surface area (Å²) in [6.45, 7) is 7.89. The number of nitrogens with zero attached hydrogens (tertiary/aromatic N) is 2. The summed E-state index contributed by atoms with van der Waals surface area (Å²) < 4.78 is 0. The quantitative estimate of drug-likeness (QED) is 0.350. The van der Waals surface area contributed by atoms with E-state index in [1.807, 2.05) is 18.2 Å². The van der Waals surface area contributed by atoms with Crippen molar-refractivity contribution < 1.29 is 0 Å². The second-order valence-corrected chi connectivity index (χ2v) is 10.5. The Morgan fingerprint density at radius 2 is 1.72 bits per heavy atom.